The van der Waals surface area contributed by atoms with Crippen LogP contribution in [-0.4, -0.2) is 48.2 Å². The number of fused-ring (bicyclic) bond motifs is 3. The third-order valence-electron chi connectivity index (χ3n) is 6.58. The number of carbonyl (C=O) groups excluding carboxylic acids is 3. The molecule has 0 aromatic heterocycles. The first kappa shape index (κ1) is 18.9. The molecular weight excluding hydrogens is 387 g/mol. The Kier molecular flexibility index (Phi) is 4.43. The number of hydrogen-bond acceptors (Lipinski definition) is 5. The molecule has 3 heterocycles. The van der Waals surface area contributed by atoms with Crippen LogP contribution in [0.2, 0.25) is 0 Å². The van der Waals surface area contributed by atoms with E-state index in [1.807, 2.05) is 4.90 Å². The van der Waals surface area contributed by atoms with Crippen molar-refractivity contribution in [3.63, 3.8) is 0 Å². The van der Waals surface area contributed by atoms with E-state index in [0.717, 1.165) is 12.8 Å². The summed E-state index contributed by atoms with van der Waals surface area (Å²) in [7, 11) is 1.55. The molecule has 0 N–H and O–H groups in total. The average molecular weight is 408 g/mol. The number of anilines is 1. The van der Waals surface area contributed by atoms with Crippen molar-refractivity contribution in [2.45, 2.75) is 24.9 Å². The Balaban J connectivity index is 1.52. The van der Waals surface area contributed by atoms with E-state index < -0.39 is 23.7 Å². The third kappa shape index (κ3) is 2.69. The minimum Gasteiger partial charge on any atom is -0.497 e. The molecule has 0 saturated carbocycles. The predicted octanol–water partition coefficient (Wildman–Crippen LogP) is 2.67. The summed E-state index contributed by atoms with van der Waals surface area (Å²) in [6.45, 7) is 0.679. The van der Waals surface area contributed by atoms with Gasteiger partial charge in [-0.25, -0.2) is 9.29 Å². The molecule has 3 saturated heterocycles. The number of methoxy groups -OCH3 is 1. The van der Waals surface area contributed by atoms with Gasteiger partial charge in [-0.15, -0.1) is 0 Å². The van der Waals surface area contributed by atoms with Gasteiger partial charge in [-0.1, -0.05) is 0 Å². The highest BCUT2D eigenvalue weighted by atomic mass is 19.1. The van der Waals surface area contributed by atoms with E-state index in [0.29, 0.717) is 23.5 Å². The number of Topliss-reactive ketones (excluding diaryl/α,β-unsaturated/α-hetero) is 1. The Morgan fingerprint density at radius 1 is 1.00 bits per heavy atom. The molecule has 2 amide bonds. The largest absolute Gasteiger partial charge is 0.497 e. The van der Waals surface area contributed by atoms with Crippen molar-refractivity contribution in [1.82, 2.24) is 4.90 Å². The molecule has 0 aliphatic carbocycles. The lowest BCUT2D eigenvalue weighted by molar-refractivity contribution is -0.123. The van der Waals surface area contributed by atoms with Crippen molar-refractivity contribution < 1.29 is 23.5 Å². The molecule has 154 valence electrons. The van der Waals surface area contributed by atoms with E-state index in [1.54, 1.807) is 31.4 Å². The van der Waals surface area contributed by atoms with Crippen LogP contribution in [0.1, 0.15) is 23.2 Å². The van der Waals surface area contributed by atoms with E-state index in [-0.39, 0.29) is 23.6 Å². The van der Waals surface area contributed by atoms with Crippen molar-refractivity contribution in [3.8, 4) is 5.75 Å². The lowest BCUT2D eigenvalue weighted by atomic mass is 9.85. The second kappa shape index (κ2) is 7.02. The van der Waals surface area contributed by atoms with Crippen LogP contribution >= 0.6 is 0 Å². The quantitative estimate of drug-likeness (QED) is 0.575. The monoisotopic (exact) mass is 408 g/mol. The fourth-order valence-electron chi connectivity index (χ4n) is 5.29. The summed E-state index contributed by atoms with van der Waals surface area (Å²) in [4.78, 5) is 43.3. The van der Waals surface area contributed by atoms with Gasteiger partial charge in [0.15, 0.2) is 5.78 Å². The molecule has 0 unspecified atom stereocenters. The predicted molar refractivity (Wildman–Crippen MR) is 107 cm³/mol. The van der Waals surface area contributed by atoms with E-state index >= 15 is 0 Å². The molecule has 6 nitrogen and oxygen atoms in total. The van der Waals surface area contributed by atoms with Gasteiger partial charge in [-0.3, -0.25) is 19.3 Å². The van der Waals surface area contributed by atoms with Gasteiger partial charge in [0.05, 0.1) is 30.7 Å². The minimum atomic E-state index is -0.720. The number of halogens is 1. The Hall–Kier alpha value is -3.06. The second-order valence-corrected chi connectivity index (χ2v) is 8.02. The Labute approximate surface area is 173 Å². The normalized spacial score (nSPS) is 28.0. The van der Waals surface area contributed by atoms with Gasteiger partial charge in [0.25, 0.3) is 0 Å². The maximum absolute atomic E-state index is 13.4. The molecule has 4 atom stereocenters. The van der Waals surface area contributed by atoms with Crippen molar-refractivity contribution in [1.29, 1.82) is 0 Å². The van der Waals surface area contributed by atoms with Crippen LogP contribution in [0.15, 0.2) is 48.5 Å². The first-order chi connectivity index (χ1) is 14.5. The molecule has 30 heavy (non-hydrogen) atoms. The van der Waals surface area contributed by atoms with E-state index in [9.17, 15) is 18.8 Å². The smallest absolute Gasteiger partial charge is 0.239 e. The van der Waals surface area contributed by atoms with Crippen LogP contribution in [0.3, 0.4) is 0 Å². The highest BCUT2D eigenvalue weighted by Crippen LogP contribution is 2.48. The number of rotatable bonds is 4. The summed E-state index contributed by atoms with van der Waals surface area (Å²) in [6.07, 6.45) is 1.66. The van der Waals surface area contributed by atoms with Gasteiger partial charge in [0, 0.05) is 11.6 Å². The van der Waals surface area contributed by atoms with Crippen LogP contribution < -0.4 is 9.64 Å². The van der Waals surface area contributed by atoms with Crippen molar-refractivity contribution in [3.05, 3.63) is 59.9 Å². The molecule has 2 aromatic rings. The number of amides is 2. The number of ether oxygens (including phenoxy) is 1. The van der Waals surface area contributed by atoms with Gasteiger partial charge >= 0.3 is 0 Å². The van der Waals surface area contributed by atoms with Gasteiger partial charge in [0.1, 0.15) is 11.6 Å². The zero-order valence-corrected chi connectivity index (χ0v) is 16.5. The average Bonchev–Trinajstić information content (AvgIpc) is 3.40. The SMILES string of the molecule is COc1ccc(N2C(=O)[C@@H]3[C@H](C2=O)[C@H]2CCCN2[C@@H]3C(=O)c2ccc(F)cc2)cc1. The number of nitrogens with zero attached hydrogens (tertiary/aromatic N) is 2. The fourth-order valence-corrected chi connectivity index (χ4v) is 5.29. The van der Waals surface area contributed by atoms with E-state index in [1.165, 1.54) is 29.2 Å². The highest BCUT2D eigenvalue weighted by Gasteiger charge is 2.64. The van der Waals surface area contributed by atoms with Gasteiger partial charge < -0.3 is 4.74 Å². The number of benzene rings is 2. The number of hydrogen-bond donors (Lipinski definition) is 0. The summed E-state index contributed by atoms with van der Waals surface area (Å²) in [5, 5.41) is 0. The summed E-state index contributed by atoms with van der Waals surface area (Å²) < 4.78 is 18.5. The lowest BCUT2D eigenvalue weighted by Crippen LogP contribution is -2.46. The molecule has 3 aliphatic heterocycles. The van der Waals surface area contributed by atoms with Crippen LogP contribution in [0.4, 0.5) is 10.1 Å². The van der Waals surface area contributed by atoms with Crippen molar-refractivity contribution >= 4 is 23.3 Å². The molecule has 0 radical (unpaired) electrons. The second-order valence-electron chi connectivity index (χ2n) is 8.02. The number of imide groups is 1. The summed E-state index contributed by atoms with van der Waals surface area (Å²) >= 11 is 0. The number of carbonyl (C=O) groups is 3. The Bertz CT molecular complexity index is 1020. The third-order valence-corrected chi connectivity index (χ3v) is 6.58. The van der Waals surface area contributed by atoms with Crippen LogP contribution in [0, 0.1) is 17.7 Å². The van der Waals surface area contributed by atoms with Crippen LogP contribution in [0.25, 0.3) is 0 Å². The maximum atomic E-state index is 13.4. The molecule has 7 heteroatoms. The first-order valence-electron chi connectivity index (χ1n) is 10.1. The zero-order chi connectivity index (χ0) is 21.0. The summed E-state index contributed by atoms with van der Waals surface area (Å²) in [6, 6.07) is 11.3. The molecular formula is C23H21FN2O4. The van der Waals surface area contributed by atoms with E-state index in [4.69, 9.17) is 4.74 Å². The standard InChI is InChI=1S/C23H21FN2O4/c1-30-16-10-8-15(9-11-16)26-22(28)18-17-3-2-12-25(17)20(19(18)23(26)29)21(27)13-4-6-14(24)7-5-13/h4-11,17-20H,2-3,12H2,1H3/t17-,18-,19-,20+/m1/s1. The van der Waals surface area contributed by atoms with Crippen molar-refractivity contribution in [2.24, 2.45) is 11.8 Å². The molecule has 2 aromatic carbocycles. The van der Waals surface area contributed by atoms with Crippen LogP contribution in [-0.2, 0) is 9.59 Å². The molecule has 0 spiro atoms. The molecule has 5 rings (SSSR count). The van der Waals surface area contributed by atoms with Gasteiger partial charge in [0.2, 0.25) is 11.8 Å². The van der Waals surface area contributed by atoms with Gasteiger partial charge in [-0.2, -0.15) is 0 Å². The molecule has 3 fully saturated rings. The summed E-state index contributed by atoms with van der Waals surface area (Å²) in [5.74, 6) is -1.87. The molecule has 3 aliphatic rings. The molecule has 0 bridgehead atoms. The highest BCUT2D eigenvalue weighted by molar-refractivity contribution is 6.24. The Morgan fingerprint density at radius 3 is 2.33 bits per heavy atom. The number of ketones is 1. The first-order valence-corrected chi connectivity index (χ1v) is 10.1. The Morgan fingerprint density at radius 2 is 1.67 bits per heavy atom. The van der Waals surface area contributed by atoms with Crippen LogP contribution in [0.5, 0.6) is 5.75 Å². The maximum Gasteiger partial charge on any atom is 0.239 e. The summed E-state index contributed by atoms with van der Waals surface area (Å²) in [5.41, 5.74) is 0.841. The lowest BCUT2D eigenvalue weighted by Gasteiger charge is -2.27. The van der Waals surface area contributed by atoms with Crippen molar-refractivity contribution in [2.75, 3.05) is 18.6 Å². The van der Waals surface area contributed by atoms with Gasteiger partial charge in [-0.05, 0) is 67.9 Å². The minimum absolute atomic E-state index is 0.121. The fraction of sp³-hybridized carbons (Fsp3) is 0.348. The zero-order valence-electron chi connectivity index (χ0n) is 16.5. The van der Waals surface area contributed by atoms with E-state index in [2.05, 4.69) is 0 Å². The topological polar surface area (TPSA) is 66.9 Å².